The molecule has 0 aliphatic rings. The molecular formula is C12H11FO2. The molecule has 1 aromatic rings. The summed E-state index contributed by atoms with van der Waals surface area (Å²) in [5.41, 5.74) is 0.777. The Morgan fingerprint density at radius 3 is 2.53 bits per heavy atom. The van der Waals surface area contributed by atoms with Gasteiger partial charge < -0.3 is 5.11 Å². The molecule has 0 aliphatic carbocycles. The first-order valence-electron chi connectivity index (χ1n) is 4.54. The number of hydrogen-bond acceptors (Lipinski definition) is 1. The van der Waals surface area contributed by atoms with Crippen molar-refractivity contribution >= 4 is 5.97 Å². The van der Waals surface area contributed by atoms with Crippen molar-refractivity contribution in [3.8, 4) is 12.3 Å². The zero-order valence-corrected chi connectivity index (χ0v) is 8.11. The normalized spacial score (nSPS) is 11.7. The summed E-state index contributed by atoms with van der Waals surface area (Å²) in [6, 6.07) is 5.76. The number of terminal acetylenes is 1. The molecule has 0 fully saturated rings. The van der Waals surface area contributed by atoms with Crippen molar-refractivity contribution in [2.75, 3.05) is 0 Å². The van der Waals surface area contributed by atoms with Crippen molar-refractivity contribution in [1.82, 2.24) is 0 Å². The zero-order chi connectivity index (χ0) is 11.3. The topological polar surface area (TPSA) is 37.3 Å². The lowest BCUT2D eigenvalue weighted by Gasteiger charge is -2.08. The molecule has 78 valence electrons. The lowest BCUT2D eigenvalue weighted by Crippen LogP contribution is -2.15. The highest BCUT2D eigenvalue weighted by Gasteiger charge is 2.16. The van der Waals surface area contributed by atoms with E-state index in [0.29, 0.717) is 6.42 Å². The first-order valence-corrected chi connectivity index (χ1v) is 4.54. The predicted octanol–water partition coefficient (Wildman–Crippen LogP) is 2.09. The fraction of sp³-hybridized carbons (Fsp3) is 0.250. The van der Waals surface area contributed by atoms with Gasteiger partial charge in [0.1, 0.15) is 5.82 Å². The number of benzene rings is 1. The molecule has 0 heterocycles. The van der Waals surface area contributed by atoms with E-state index in [0.717, 1.165) is 5.56 Å². The van der Waals surface area contributed by atoms with Crippen LogP contribution in [0.4, 0.5) is 4.39 Å². The summed E-state index contributed by atoms with van der Waals surface area (Å²) in [6.45, 7) is 0. The Morgan fingerprint density at radius 1 is 1.47 bits per heavy atom. The fourth-order valence-corrected chi connectivity index (χ4v) is 1.29. The molecule has 0 bridgehead atoms. The van der Waals surface area contributed by atoms with E-state index in [2.05, 4.69) is 5.92 Å². The molecule has 15 heavy (non-hydrogen) atoms. The maximum atomic E-state index is 12.6. The van der Waals surface area contributed by atoms with Gasteiger partial charge in [-0.15, -0.1) is 12.3 Å². The SMILES string of the molecule is C#CCC(Cc1ccc(F)cc1)C(=O)O. The quantitative estimate of drug-likeness (QED) is 0.766. The molecule has 0 amide bonds. The van der Waals surface area contributed by atoms with E-state index in [9.17, 15) is 9.18 Å². The Hall–Kier alpha value is -1.82. The van der Waals surface area contributed by atoms with Crippen LogP contribution in [0.1, 0.15) is 12.0 Å². The van der Waals surface area contributed by atoms with Crippen LogP contribution in [-0.4, -0.2) is 11.1 Å². The minimum atomic E-state index is -0.919. The average molecular weight is 206 g/mol. The second-order valence-electron chi connectivity index (χ2n) is 3.27. The van der Waals surface area contributed by atoms with Crippen LogP contribution in [0, 0.1) is 24.1 Å². The number of carboxylic acid groups (broad SMARTS) is 1. The number of aliphatic carboxylic acids is 1. The molecular weight excluding hydrogens is 195 g/mol. The molecule has 1 aromatic carbocycles. The molecule has 2 nitrogen and oxygen atoms in total. The molecule has 1 atom stereocenters. The maximum Gasteiger partial charge on any atom is 0.307 e. The Morgan fingerprint density at radius 2 is 2.07 bits per heavy atom. The summed E-state index contributed by atoms with van der Waals surface area (Å²) < 4.78 is 12.6. The van der Waals surface area contributed by atoms with Gasteiger partial charge in [0.25, 0.3) is 0 Å². The van der Waals surface area contributed by atoms with Gasteiger partial charge in [-0.25, -0.2) is 4.39 Å². The highest BCUT2D eigenvalue weighted by molar-refractivity contribution is 5.70. The van der Waals surface area contributed by atoms with Crippen LogP contribution >= 0.6 is 0 Å². The number of halogens is 1. The van der Waals surface area contributed by atoms with Crippen LogP contribution in [0.2, 0.25) is 0 Å². The van der Waals surface area contributed by atoms with Crippen LogP contribution in [0.3, 0.4) is 0 Å². The van der Waals surface area contributed by atoms with Crippen molar-refractivity contribution in [3.63, 3.8) is 0 Å². The van der Waals surface area contributed by atoms with E-state index >= 15 is 0 Å². The molecule has 0 aromatic heterocycles. The standard InChI is InChI=1S/C12H11FO2/c1-2-3-10(12(14)15)8-9-4-6-11(13)7-5-9/h1,4-7,10H,3,8H2,(H,14,15). The maximum absolute atomic E-state index is 12.6. The monoisotopic (exact) mass is 206 g/mol. The summed E-state index contributed by atoms with van der Waals surface area (Å²) in [6.07, 6.45) is 5.59. The minimum Gasteiger partial charge on any atom is -0.481 e. The Balaban J connectivity index is 2.70. The highest BCUT2D eigenvalue weighted by atomic mass is 19.1. The fourth-order valence-electron chi connectivity index (χ4n) is 1.29. The lowest BCUT2D eigenvalue weighted by molar-refractivity contribution is -0.141. The number of carboxylic acids is 1. The van der Waals surface area contributed by atoms with E-state index in [4.69, 9.17) is 11.5 Å². The number of carbonyl (C=O) groups is 1. The molecule has 0 spiro atoms. The van der Waals surface area contributed by atoms with Gasteiger partial charge in [-0.2, -0.15) is 0 Å². The van der Waals surface area contributed by atoms with E-state index in [1.807, 2.05) is 0 Å². The molecule has 1 N–H and O–H groups in total. The largest absolute Gasteiger partial charge is 0.481 e. The van der Waals surface area contributed by atoms with Gasteiger partial charge in [0.15, 0.2) is 0 Å². The van der Waals surface area contributed by atoms with Crippen molar-refractivity contribution in [3.05, 3.63) is 35.6 Å². The minimum absolute atomic E-state index is 0.187. The summed E-state index contributed by atoms with van der Waals surface area (Å²) in [4.78, 5) is 10.8. The van der Waals surface area contributed by atoms with Crippen LogP contribution in [0.15, 0.2) is 24.3 Å². The smallest absolute Gasteiger partial charge is 0.307 e. The Labute approximate surface area is 87.7 Å². The average Bonchev–Trinajstić information content (AvgIpc) is 2.20. The third-order valence-corrected chi connectivity index (χ3v) is 2.11. The van der Waals surface area contributed by atoms with Gasteiger partial charge in [-0.3, -0.25) is 4.79 Å². The molecule has 0 aliphatic heterocycles. The van der Waals surface area contributed by atoms with Gasteiger partial charge in [0.05, 0.1) is 5.92 Å². The Kier molecular flexibility index (Phi) is 3.87. The molecule has 3 heteroatoms. The number of rotatable bonds is 4. The second kappa shape index (κ2) is 5.16. The first-order chi connectivity index (χ1) is 7.13. The summed E-state index contributed by atoms with van der Waals surface area (Å²) >= 11 is 0. The van der Waals surface area contributed by atoms with Gasteiger partial charge in [-0.05, 0) is 24.1 Å². The zero-order valence-electron chi connectivity index (χ0n) is 8.11. The lowest BCUT2D eigenvalue weighted by atomic mass is 9.97. The highest BCUT2D eigenvalue weighted by Crippen LogP contribution is 2.13. The van der Waals surface area contributed by atoms with E-state index in [1.165, 1.54) is 12.1 Å². The van der Waals surface area contributed by atoms with Gasteiger partial charge in [0, 0.05) is 6.42 Å². The summed E-state index contributed by atoms with van der Waals surface area (Å²) in [7, 11) is 0. The van der Waals surface area contributed by atoms with Crippen molar-refractivity contribution < 1.29 is 14.3 Å². The van der Waals surface area contributed by atoms with Crippen molar-refractivity contribution in [1.29, 1.82) is 0 Å². The first kappa shape index (κ1) is 11.3. The van der Waals surface area contributed by atoms with Gasteiger partial charge >= 0.3 is 5.97 Å². The van der Waals surface area contributed by atoms with Crippen molar-refractivity contribution in [2.24, 2.45) is 5.92 Å². The third-order valence-electron chi connectivity index (χ3n) is 2.11. The molecule has 0 saturated heterocycles. The van der Waals surface area contributed by atoms with Crippen molar-refractivity contribution in [2.45, 2.75) is 12.8 Å². The molecule has 1 unspecified atom stereocenters. The van der Waals surface area contributed by atoms with E-state index < -0.39 is 11.9 Å². The number of hydrogen-bond donors (Lipinski definition) is 1. The van der Waals surface area contributed by atoms with Crippen LogP contribution in [0.25, 0.3) is 0 Å². The van der Waals surface area contributed by atoms with Gasteiger partial charge in [0.2, 0.25) is 0 Å². The molecule has 1 rings (SSSR count). The van der Waals surface area contributed by atoms with Crippen LogP contribution in [-0.2, 0) is 11.2 Å². The van der Waals surface area contributed by atoms with Gasteiger partial charge in [-0.1, -0.05) is 12.1 Å². The molecule has 0 saturated carbocycles. The molecule has 0 radical (unpaired) electrons. The van der Waals surface area contributed by atoms with E-state index in [1.54, 1.807) is 12.1 Å². The summed E-state index contributed by atoms with van der Waals surface area (Å²) in [5, 5.41) is 8.85. The van der Waals surface area contributed by atoms with E-state index in [-0.39, 0.29) is 12.2 Å². The second-order valence-corrected chi connectivity index (χ2v) is 3.27. The van der Waals surface area contributed by atoms with Crippen LogP contribution < -0.4 is 0 Å². The third kappa shape index (κ3) is 3.43. The Bertz CT molecular complexity index is 376. The van der Waals surface area contributed by atoms with Crippen LogP contribution in [0.5, 0.6) is 0 Å². The predicted molar refractivity (Wildman–Crippen MR) is 54.7 cm³/mol. The summed E-state index contributed by atoms with van der Waals surface area (Å²) in [5.74, 6) is 0.479.